The Hall–Kier alpha value is -0.860. The van der Waals surface area contributed by atoms with E-state index in [0.29, 0.717) is 0 Å². The summed E-state index contributed by atoms with van der Waals surface area (Å²) in [6, 6.07) is 8.84. The largest absolute Gasteiger partial charge is 0.381 e. The summed E-state index contributed by atoms with van der Waals surface area (Å²) in [5, 5.41) is 0. The van der Waals surface area contributed by atoms with Gasteiger partial charge in [0.25, 0.3) is 0 Å². The third-order valence-corrected chi connectivity index (χ3v) is 3.00. The lowest BCUT2D eigenvalue weighted by atomic mass is 9.97. The van der Waals surface area contributed by atoms with E-state index in [1.54, 1.807) is 0 Å². The molecular weight excluding hydrogens is 186 g/mol. The van der Waals surface area contributed by atoms with Crippen LogP contribution in [-0.4, -0.2) is 19.8 Å². The molecule has 1 heterocycles. The second-order valence-corrected chi connectivity index (χ2v) is 4.30. The number of benzene rings is 1. The zero-order valence-corrected chi connectivity index (χ0v) is 9.11. The minimum atomic E-state index is 0.735. The fourth-order valence-electron chi connectivity index (χ4n) is 1.86. The van der Waals surface area contributed by atoms with Crippen LogP contribution in [0.2, 0.25) is 0 Å². The van der Waals surface area contributed by atoms with Crippen molar-refractivity contribution >= 4 is 0 Å². The van der Waals surface area contributed by atoms with Gasteiger partial charge in [0.1, 0.15) is 0 Å². The number of nitrogens with two attached hydrogens (primary N) is 1. The molecule has 1 aromatic carbocycles. The van der Waals surface area contributed by atoms with E-state index in [9.17, 15) is 0 Å². The van der Waals surface area contributed by atoms with Crippen molar-refractivity contribution in [3.8, 4) is 0 Å². The Morgan fingerprint density at radius 2 is 1.67 bits per heavy atom. The monoisotopic (exact) mass is 205 g/mol. The molecule has 82 valence electrons. The lowest BCUT2D eigenvalue weighted by Crippen LogP contribution is -2.27. The first-order valence-electron chi connectivity index (χ1n) is 5.74. The van der Waals surface area contributed by atoms with Gasteiger partial charge in [-0.15, -0.1) is 0 Å². The summed E-state index contributed by atoms with van der Waals surface area (Å²) in [5.74, 6) is 0.800. The van der Waals surface area contributed by atoms with Gasteiger partial charge in [0, 0.05) is 5.92 Å². The second kappa shape index (κ2) is 5.29. The number of aryl methyl sites for hydroxylation is 1. The molecule has 0 bridgehead atoms. The smallest absolute Gasteiger partial charge is 0.0516 e. The lowest BCUT2D eigenvalue weighted by Gasteiger charge is -2.25. The van der Waals surface area contributed by atoms with Gasteiger partial charge < -0.3 is 10.5 Å². The van der Waals surface area contributed by atoms with E-state index in [1.807, 2.05) is 0 Å². The van der Waals surface area contributed by atoms with Crippen molar-refractivity contribution in [2.75, 3.05) is 19.8 Å². The number of hydrogen-bond acceptors (Lipinski definition) is 2. The molecule has 0 radical (unpaired) electrons. The maximum atomic E-state index is 5.51. The molecule has 2 nitrogen and oxygen atoms in total. The molecule has 2 N–H and O–H groups in total. The average molecular weight is 205 g/mol. The molecule has 1 aromatic rings. The fourth-order valence-corrected chi connectivity index (χ4v) is 1.86. The minimum Gasteiger partial charge on any atom is -0.381 e. The lowest BCUT2D eigenvalue weighted by molar-refractivity contribution is -0.0352. The highest BCUT2D eigenvalue weighted by molar-refractivity contribution is 5.22. The maximum absolute atomic E-state index is 5.51. The first kappa shape index (κ1) is 10.7. The molecule has 0 aromatic heterocycles. The average Bonchev–Trinajstić information content (AvgIpc) is 2.19. The van der Waals surface area contributed by atoms with Gasteiger partial charge in [0.15, 0.2) is 0 Å². The van der Waals surface area contributed by atoms with E-state index >= 15 is 0 Å². The highest BCUT2D eigenvalue weighted by atomic mass is 16.5. The van der Waals surface area contributed by atoms with Crippen molar-refractivity contribution in [1.29, 1.82) is 0 Å². The SMILES string of the molecule is NCCc1ccc(CCC2COC2)cc1. The maximum Gasteiger partial charge on any atom is 0.0516 e. The van der Waals surface area contributed by atoms with E-state index in [2.05, 4.69) is 24.3 Å². The van der Waals surface area contributed by atoms with Crippen LogP contribution in [-0.2, 0) is 17.6 Å². The van der Waals surface area contributed by atoms with Gasteiger partial charge >= 0.3 is 0 Å². The molecule has 0 amide bonds. The summed E-state index contributed by atoms with van der Waals surface area (Å²) in [5.41, 5.74) is 8.28. The summed E-state index contributed by atoms with van der Waals surface area (Å²) in [4.78, 5) is 0. The third kappa shape index (κ3) is 3.05. The Bertz CT molecular complexity index is 290. The number of hydrogen-bond donors (Lipinski definition) is 1. The Labute approximate surface area is 91.4 Å². The van der Waals surface area contributed by atoms with Crippen molar-refractivity contribution < 1.29 is 4.74 Å². The van der Waals surface area contributed by atoms with E-state index < -0.39 is 0 Å². The van der Waals surface area contributed by atoms with Gasteiger partial charge in [0.05, 0.1) is 13.2 Å². The van der Waals surface area contributed by atoms with Crippen LogP contribution in [0.4, 0.5) is 0 Å². The zero-order chi connectivity index (χ0) is 10.5. The second-order valence-electron chi connectivity index (χ2n) is 4.30. The molecule has 1 aliphatic rings. The van der Waals surface area contributed by atoms with Crippen LogP contribution in [0.1, 0.15) is 17.5 Å². The quantitative estimate of drug-likeness (QED) is 0.795. The van der Waals surface area contributed by atoms with Crippen molar-refractivity contribution in [3.63, 3.8) is 0 Å². The number of ether oxygens (including phenoxy) is 1. The predicted octanol–water partition coefficient (Wildman–Crippen LogP) is 1.77. The normalized spacial score (nSPS) is 16.3. The Morgan fingerprint density at radius 3 is 2.13 bits per heavy atom. The van der Waals surface area contributed by atoms with Gasteiger partial charge in [0.2, 0.25) is 0 Å². The minimum absolute atomic E-state index is 0.735. The summed E-state index contributed by atoms with van der Waals surface area (Å²) in [6.07, 6.45) is 3.42. The summed E-state index contributed by atoms with van der Waals surface area (Å²) in [7, 11) is 0. The standard InChI is InChI=1S/C13H19NO/c14-8-7-12-3-1-11(2-4-12)5-6-13-9-15-10-13/h1-4,13H,5-10,14H2. The predicted molar refractivity (Wildman–Crippen MR) is 61.8 cm³/mol. The first-order chi connectivity index (χ1) is 7.38. The van der Waals surface area contributed by atoms with Crippen LogP contribution >= 0.6 is 0 Å². The highest BCUT2D eigenvalue weighted by Crippen LogP contribution is 2.17. The summed E-state index contributed by atoms with van der Waals surface area (Å²) < 4.78 is 5.16. The van der Waals surface area contributed by atoms with Crippen LogP contribution in [0.5, 0.6) is 0 Å². The Balaban J connectivity index is 1.80. The Kier molecular flexibility index (Phi) is 3.75. The van der Waals surface area contributed by atoms with Crippen LogP contribution in [0.3, 0.4) is 0 Å². The molecule has 1 aliphatic heterocycles. The molecule has 15 heavy (non-hydrogen) atoms. The van der Waals surface area contributed by atoms with E-state index in [1.165, 1.54) is 24.0 Å². The van der Waals surface area contributed by atoms with Crippen molar-refractivity contribution in [1.82, 2.24) is 0 Å². The summed E-state index contributed by atoms with van der Waals surface area (Å²) >= 11 is 0. The Morgan fingerprint density at radius 1 is 1.07 bits per heavy atom. The molecule has 0 unspecified atom stereocenters. The third-order valence-electron chi connectivity index (χ3n) is 3.00. The van der Waals surface area contributed by atoms with Gasteiger partial charge in [-0.3, -0.25) is 0 Å². The van der Waals surface area contributed by atoms with Gasteiger partial charge in [-0.1, -0.05) is 24.3 Å². The number of rotatable bonds is 5. The van der Waals surface area contributed by atoms with E-state index in [0.717, 1.165) is 32.1 Å². The van der Waals surface area contributed by atoms with Crippen molar-refractivity contribution in [3.05, 3.63) is 35.4 Å². The van der Waals surface area contributed by atoms with Gasteiger partial charge in [-0.2, -0.15) is 0 Å². The topological polar surface area (TPSA) is 35.2 Å². The molecule has 1 fully saturated rings. The highest BCUT2D eigenvalue weighted by Gasteiger charge is 2.17. The van der Waals surface area contributed by atoms with Crippen LogP contribution in [0.25, 0.3) is 0 Å². The zero-order valence-electron chi connectivity index (χ0n) is 9.11. The van der Waals surface area contributed by atoms with Crippen LogP contribution in [0.15, 0.2) is 24.3 Å². The van der Waals surface area contributed by atoms with Gasteiger partial charge in [-0.05, 0) is 36.9 Å². The van der Waals surface area contributed by atoms with Crippen LogP contribution in [0, 0.1) is 5.92 Å². The molecule has 2 rings (SSSR count). The summed E-state index contributed by atoms with van der Waals surface area (Å²) in [6.45, 7) is 2.66. The molecule has 0 spiro atoms. The first-order valence-corrected chi connectivity index (χ1v) is 5.74. The molecule has 2 heteroatoms. The van der Waals surface area contributed by atoms with E-state index in [4.69, 9.17) is 10.5 Å². The van der Waals surface area contributed by atoms with Gasteiger partial charge in [-0.25, -0.2) is 0 Å². The van der Waals surface area contributed by atoms with E-state index in [-0.39, 0.29) is 0 Å². The fraction of sp³-hybridized carbons (Fsp3) is 0.538. The molecule has 0 saturated carbocycles. The van der Waals surface area contributed by atoms with Crippen molar-refractivity contribution in [2.45, 2.75) is 19.3 Å². The molecule has 0 atom stereocenters. The molecule has 1 saturated heterocycles. The van der Waals surface area contributed by atoms with Crippen LogP contribution < -0.4 is 5.73 Å². The van der Waals surface area contributed by atoms with Crippen molar-refractivity contribution in [2.24, 2.45) is 11.7 Å². The molecular formula is C13H19NO. The molecule has 0 aliphatic carbocycles.